The minimum Gasteiger partial charge on any atom is -0.0823 e. The van der Waals surface area contributed by atoms with E-state index >= 15 is 0 Å². The molecule has 0 heteroatoms. The lowest BCUT2D eigenvalue weighted by Gasteiger charge is -2.25. The third-order valence-corrected chi connectivity index (χ3v) is 3.30. The second-order valence-electron chi connectivity index (χ2n) is 5.07. The molecule has 0 saturated heterocycles. The molecule has 0 aromatic carbocycles. The molecule has 2 aliphatic carbocycles. The summed E-state index contributed by atoms with van der Waals surface area (Å²) in [5, 5.41) is 0. The highest BCUT2D eigenvalue weighted by atomic mass is 14.4. The van der Waals surface area contributed by atoms with Crippen molar-refractivity contribution in [3.05, 3.63) is 12.2 Å². The fraction of sp³-hybridized carbons (Fsp3) is 0.846. The van der Waals surface area contributed by atoms with Gasteiger partial charge in [0, 0.05) is 0 Å². The maximum Gasteiger partial charge on any atom is -0.0110 e. The highest BCUT2D eigenvalue weighted by molar-refractivity contribution is 5.15. The molecule has 0 bridgehead atoms. The average Bonchev–Trinajstić information content (AvgIpc) is 2.65. The third-order valence-electron chi connectivity index (χ3n) is 3.30. The number of hydrogen-bond donors (Lipinski definition) is 0. The maximum absolute atomic E-state index is 2.50. The Morgan fingerprint density at radius 2 is 1.46 bits per heavy atom. The van der Waals surface area contributed by atoms with Gasteiger partial charge in [-0.05, 0) is 30.1 Å². The number of allylic oxidation sites excluding steroid dienone is 2. The Labute approximate surface area is 83.4 Å². The summed E-state index contributed by atoms with van der Waals surface area (Å²) in [5.41, 5.74) is 1.13. The van der Waals surface area contributed by atoms with Crippen LogP contribution in [-0.4, -0.2) is 0 Å². The van der Waals surface area contributed by atoms with Gasteiger partial charge in [0.25, 0.3) is 0 Å². The molecule has 0 N–H and O–H groups in total. The normalized spacial score (nSPS) is 27.4. The van der Waals surface area contributed by atoms with Crippen molar-refractivity contribution in [1.29, 1.82) is 0 Å². The Morgan fingerprint density at radius 3 is 1.85 bits per heavy atom. The molecule has 2 rings (SSSR count). The Balaban J connectivity index is 0.000000396. The fourth-order valence-corrected chi connectivity index (χ4v) is 2.85. The van der Waals surface area contributed by atoms with E-state index in [1.54, 1.807) is 0 Å². The van der Waals surface area contributed by atoms with E-state index in [2.05, 4.69) is 26.0 Å². The van der Waals surface area contributed by atoms with E-state index in [1.807, 2.05) is 13.8 Å². The van der Waals surface area contributed by atoms with E-state index in [1.165, 1.54) is 32.1 Å². The standard InChI is InChI=1S/C11H18.C2H6/c1-10(2)7-8-11(9-10)5-3-4-6-11;1-2/h7-8H,3-6,9H2,1-2H3;1-2H3. The summed E-state index contributed by atoms with van der Waals surface area (Å²) in [4.78, 5) is 0. The molecule has 0 radical (unpaired) electrons. The largest absolute Gasteiger partial charge is 0.0823 e. The first-order valence-corrected chi connectivity index (χ1v) is 5.82. The summed E-state index contributed by atoms with van der Waals surface area (Å²) in [7, 11) is 0. The molecule has 13 heavy (non-hydrogen) atoms. The maximum atomic E-state index is 2.50. The molecule has 76 valence electrons. The zero-order valence-corrected chi connectivity index (χ0v) is 9.69. The topological polar surface area (TPSA) is 0 Å². The van der Waals surface area contributed by atoms with E-state index in [0.29, 0.717) is 10.8 Å². The van der Waals surface area contributed by atoms with Crippen LogP contribution in [0.2, 0.25) is 0 Å². The van der Waals surface area contributed by atoms with Crippen LogP contribution in [0, 0.1) is 10.8 Å². The summed E-state index contributed by atoms with van der Waals surface area (Å²) in [6, 6.07) is 0. The smallest absolute Gasteiger partial charge is 0.0110 e. The number of rotatable bonds is 0. The highest BCUT2D eigenvalue weighted by Crippen LogP contribution is 2.52. The molecular formula is C13H24. The van der Waals surface area contributed by atoms with Crippen LogP contribution >= 0.6 is 0 Å². The van der Waals surface area contributed by atoms with Gasteiger partial charge in [0.2, 0.25) is 0 Å². The molecular weight excluding hydrogens is 156 g/mol. The Kier molecular flexibility index (Phi) is 3.21. The highest BCUT2D eigenvalue weighted by Gasteiger charge is 2.39. The second-order valence-corrected chi connectivity index (χ2v) is 5.07. The van der Waals surface area contributed by atoms with Crippen molar-refractivity contribution in [1.82, 2.24) is 0 Å². The SMILES string of the molecule is CC.CC1(C)C=CC2(CCCC2)C1. The molecule has 0 heterocycles. The Morgan fingerprint density at radius 1 is 0.923 bits per heavy atom. The predicted octanol–water partition coefficient (Wildman–Crippen LogP) is 4.56. The van der Waals surface area contributed by atoms with E-state index in [0.717, 1.165) is 0 Å². The predicted molar refractivity (Wildman–Crippen MR) is 59.8 cm³/mol. The quantitative estimate of drug-likeness (QED) is 0.479. The van der Waals surface area contributed by atoms with Crippen molar-refractivity contribution < 1.29 is 0 Å². The lowest BCUT2D eigenvalue weighted by Crippen LogP contribution is -2.15. The van der Waals surface area contributed by atoms with Crippen LogP contribution < -0.4 is 0 Å². The lowest BCUT2D eigenvalue weighted by atomic mass is 9.79. The van der Waals surface area contributed by atoms with Crippen molar-refractivity contribution in [2.75, 3.05) is 0 Å². The van der Waals surface area contributed by atoms with Gasteiger partial charge >= 0.3 is 0 Å². The van der Waals surface area contributed by atoms with Gasteiger partial charge in [-0.15, -0.1) is 0 Å². The van der Waals surface area contributed by atoms with Crippen molar-refractivity contribution in [3.8, 4) is 0 Å². The van der Waals surface area contributed by atoms with Crippen LogP contribution in [0.1, 0.15) is 59.8 Å². The zero-order valence-electron chi connectivity index (χ0n) is 9.69. The van der Waals surface area contributed by atoms with Crippen LogP contribution in [0.3, 0.4) is 0 Å². The molecule has 0 aliphatic heterocycles. The minimum absolute atomic E-state index is 0.490. The van der Waals surface area contributed by atoms with Crippen LogP contribution in [-0.2, 0) is 0 Å². The summed E-state index contributed by atoms with van der Waals surface area (Å²) < 4.78 is 0. The molecule has 0 amide bonds. The molecule has 1 fully saturated rings. The minimum atomic E-state index is 0.490. The third kappa shape index (κ3) is 2.36. The molecule has 2 aliphatic rings. The van der Waals surface area contributed by atoms with Gasteiger partial charge in [-0.3, -0.25) is 0 Å². The summed E-state index contributed by atoms with van der Waals surface area (Å²) in [6.45, 7) is 8.72. The van der Waals surface area contributed by atoms with Gasteiger partial charge in [0.05, 0.1) is 0 Å². The first-order chi connectivity index (χ1) is 6.12. The van der Waals surface area contributed by atoms with Crippen molar-refractivity contribution in [2.24, 2.45) is 10.8 Å². The lowest BCUT2D eigenvalue weighted by molar-refractivity contribution is 0.291. The van der Waals surface area contributed by atoms with Gasteiger partial charge in [-0.2, -0.15) is 0 Å². The molecule has 0 aromatic heterocycles. The first kappa shape index (κ1) is 10.8. The van der Waals surface area contributed by atoms with E-state index < -0.39 is 0 Å². The van der Waals surface area contributed by atoms with Crippen molar-refractivity contribution >= 4 is 0 Å². The summed E-state index contributed by atoms with van der Waals surface area (Å²) >= 11 is 0. The number of hydrogen-bond acceptors (Lipinski definition) is 0. The van der Waals surface area contributed by atoms with Crippen LogP contribution in [0.4, 0.5) is 0 Å². The van der Waals surface area contributed by atoms with Gasteiger partial charge in [-0.25, -0.2) is 0 Å². The van der Waals surface area contributed by atoms with E-state index in [-0.39, 0.29) is 0 Å². The van der Waals surface area contributed by atoms with E-state index in [4.69, 9.17) is 0 Å². The first-order valence-electron chi connectivity index (χ1n) is 5.82. The van der Waals surface area contributed by atoms with E-state index in [9.17, 15) is 0 Å². The Hall–Kier alpha value is -0.260. The van der Waals surface area contributed by atoms with Gasteiger partial charge < -0.3 is 0 Å². The zero-order chi connectivity index (χ0) is 9.95. The van der Waals surface area contributed by atoms with Gasteiger partial charge in [0.15, 0.2) is 0 Å². The molecule has 0 atom stereocenters. The van der Waals surface area contributed by atoms with Gasteiger partial charge in [0.1, 0.15) is 0 Å². The monoisotopic (exact) mass is 180 g/mol. The van der Waals surface area contributed by atoms with Crippen molar-refractivity contribution in [3.63, 3.8) is 0 Å². The average molecular weight is 180 g/mol. The Bertz CT molecular complexity index is 180. The molecule has 1 saturated carbocycles. The van der Waals surface area contributed by atoms with Crippen molar-refractivity contribution in [2.45, 2.75) is 59.8 Å². The second kappa shape index (κ2) is 3.86. The molecule has 0 nitrogen and oxygen atoms in total. The molecule has 0 aromatic rings. The van der Waals surface area contributed by atoms with Crippen LogP contribution in [0.25, 0.3) is 0 Å². The van der Waals surface area contributed by atoms with Gasteiger partial charge in [-0.1, -0.05) is 52.7 Å². The summed E-state index contributed by atoms with van der Waals surface area (Å²) in [6.07, 6.45) is 12.2. The van der Waals surface area contributed by atoms with Crippen LogP contribution in [0.15, 0.2) is 12.2 Å². The fourth-order valence-electron chi connectivity index (χ4n) is 2.85. The molecule has 0 unspecified atom stereocenters. The summed E-state index contributed by atoms with van der Waals surface area (Å²) in [5.74, 6) is 0. The molecule has 1 spiro atoms. The van der Waals surface area contributed by atoms with Crippen LogP contribution in [0.5, 0.6) is 0 Å².